The Morgan fingerprint density at radius 3 is 1.59 bits per heavy atom. The van der Waals surface area contributed by atoms with E-state index >= 15 is 0 Å². The fraction of sp³-hybridized carbons (Fsp3) is 0. The summed E-state index contributed by atoms with van der Waals surface area (Å²) in [5.41, 5.74) is 0. The Balaban J connectivity index is 1.82. The minimum absolute atomic E-state index is 0.0203. The van der Waals surface area contributed by atoms with Crippen molar-refractivity contribution in [1.29, 1.82) is 0 Å². The number of hydrogen-bond donors (Lipinski definition) is 0. The van der Waals surface area contributed by atoms with Gasteiger partial charge in [-0.15, -0.1) is 0 Å². The first-order valence-corrected chi connectivity index (χ1v) is 10.8. The summed E-state index contributed by atoms with van der Waals surface area (Å²) in [4.78, 5) is -0.0545. The van der Waals surface area contributed by atoms with Crippen molar-refractivity contribution in [2.45, 2.75) is 9.79 Å². The zero-order valence-electron chi connectivity index (χ0n) is 13.6. The van der Waals surface area contributed by atoms with Crippen molar-refractivity contribution in [3.8, 4) is 11.5 Å². The summed E-state index contributed by atoms with van der Waals surface area (Å²) >= 11 is 6.03. The van der Waals surface area contributed by atoms with Gasteiger partial charge in [0.05, 0.1) is 5.02 Å². The molecule has 6 nitrogen and oxygen atoms in total. The monoisotopic (exact) mass is 424 g/mol. The van der Waals surface area contributed by atoms with Gasteiger partial charge in [-0.3, -0.25) is 0 Å². The fourth-order valence-corrected chi connectivity index (χ4v) is 4.28. The maximum Gasteiger partial charge on any atom is 0.339 e. The maximum atomic E-state index is 12.2. The van der Waals surface area contributed by atoms with E-state index in [4.69, 9.17) is 20.0 Å². The van der Waals surface area contributed by atoms with Gasteiger partial charge in [-0.1, -0.05) is 48.0 Å². The molecule has 0 aliphatic rings. The summed E-state index contributed by atoms with van der Waals surface area (Å²) in [6.45, 7) is 0. The molecule has 0 fully saturated rings. The van der Waals surface area contributed by atoms with E-state index in [2.05, 4.69) is 0 Å². The van der Waals surface area contributed by atoms with Gasteiger partial charge >= 0.3 is 20.2 Å². The maximum absolute atomic E-state index is 12.2. The number of hydrogen-bond acceptors (Lipinski definition) is 6. The first-order chi connectivity index (χ1) is 12.8. The van der Waals surface area contributed by atoms with Crippen molar-refractivity contribution in [2.75, 3.05) is 0 Å². The molecule has 3 rings (SSSR count). The molecular weight excluding hydrogens is 412 g/mol. The first kappa shape index (κ1) is 19.2. The van der Waals surface area contributed by atoms with Crippen molar-refractivity contribution in [3.05, 3.63) is 83.9 Å². The fourth-order valence-electron chi connectivity index (χ4n) is 2.12. The number of rotatable bonds is 6. The van der Waals surface area contributed by atoms with Crippen molar-refractivity contribution in [2.24, 2.45) is 0 Å². The van der Waals surface area contributed by atoms with Gasteiger partial charge < -0.3 is 8.37 Å². The lowest BCUT2D eigenvalue weighted by Gasteiger charge is -2.11. The highest BCUT2D eigenvalue weighted by Gasteiger charge is 2.20. The topological polar surface area (TPSA) is 86.7 Å². The standard InChI is InChI=1S/C18H13ClO6S2/c19-17-13-14(24-26(20,21)15-7-3-1-4-8-15)11-12-18(17)25-27(22,23)16-9-5-2-6-10-16/h1-13H. The minimum atomic E-state index is -4.07. The van der Waals surface area contributed by atoms with E-state index in [-0.39, 0.29) is 26.3 Å². The summed E-state index contributed by atoms with van der Waals surface area (Å²) in [6, 6.07) is 18.8. The van der Waals surface area contributed by atoms with Gasteiger partial charge in [0.25, 0.3) is 0 Å². The van der Waals surface area contributed by atoms with Gasteiger partial charge in [0, 0.05) is 6.07 Å². The highest BCUT2D eigenvalue weighted by Crippen LogP contribution is 2.32. The van der Waals surface area contributed by atoms with Crippen molar-refractivity contribution < 1.29 is 25.2 Å². The summed E-state index contributed by atoms with van der Waals surface area (Å²) in [7, 11) is -8.11. The van der Waals surface area contributed by atoms with Crippen LogP contribution in [0.25, 0.3) is 0 Å². The molecule has 3 aromatic carbocycles. The highest BCUT2D eigenvalue weighted by atomic mass is 35.5. The first-order valence-electron chi connectivity index (χ1n) is 7.56. The van der Waals surface area contributed by atoms with Gasteiger partial charge in [0.1, 0.15) is 15.5 Å². The third-order valence-electron chi connectivity index (χ3n) is 3.37. The predicted octanol–water partition coefficient (Wildman–Crippen LogP) is 3.88. The molecule has 0 heterocycles. The molecule has 3 aromatic rings. The third-order valence-corrected chi connectivity index (χ3v) is 6.18. The van der Waals surface area contributed by atoms with Gasteiger partial charge in [-0.2, -0.15) is 16.8 Å². The lowest BCUT2D eigenvalue weighted by atomic mass is 10.3. The van der Waals surface area contributed by atoms with Crippen molar-refractivity contribution in [3.63, 3.8) is 0 Å². The summed E-state index contributed by atoms with van der Waals surface area (Å²) in [5.74, 6) is -0.224. The SMILES string of the molecule is O=S(=O)(Oc1ccc(OS(=O)(=O)c2ccccc2)c(Cl)c1)c1ccccc1. The Labute approximate surface area is 162 Å². The van der Waals surface area contributed by atoms with Crippen LogP contribution < -0.4 is 8.37 Å². The minimum Gasteiger partial charge on any atom is -0.379 e. The average Bonchev–Trinajstić information content (AvgIpc) is 2.65. The van der Waals surface area contributed by atoms with Crippen LogP contribution in [-0.2, 0) is 20.2 Å². The molecule has 0 aromatic heterocycles. The van der Waals surface area contributed by atoms with Crippen LogP contribution in [0.4, 0.5) is 0 Å². The van der Waals surface area contributed by atoms with Crippen molar-refractivity contribution >= 4 is 31.8 Å². The van der Waals surface area contributed by atoms with E-state index in [1.54, 1.807) is 36.4 Å². The van der Waals surface area contributed by atoms with Crippen LogP contribution >= 0.6 is 11.6 Å². The molecule has 0 amide bonds. The zero-order chi connectivity index (χ0) is 19.5. The molecule has 0 aliphatic heterocycles. The van der Waals surface area contributed by atoms with E-state index in [9.17, 15) is 16.8 Å². The quantitative estimate of drug-likeness (QED) is 0.558. The molecule has 0 unspecified atom stereocenters. The van der Waals surface area contributed by atoms with Crippen LogP contribution in [0.2, 0.25) is 5.02 Å². The lowest BCUT2D eigenvalue weighted by Crippen LogP contribution is -2.11. The predicted molar refractivity (Wildman–Crippen MR) is 100.0 cm³/mol. The number of benzene rings is 3. The smallest absolute Gasteiger partial charge is 0.339 e. The molecule has 0 radical (unpaired) electrons. The summed E-state index contributed by atoms with van der Waals surface area (Å²) in [5, 5.41) is -0.115. The van der Waals surface area contributed by atoms with E-state index in [1.807, 2.05) is 0 Å². The van der Waals surface area contributed by atoms with Gasteiger partial charge in [-0.05, 0) is 36.4 Å². The Hall–Kier alpha value is -2.55. The molecule has 0 saturated carbocycles. The second-order valence-electron chi connectivity index (χ2n) is 5.29. The van der Waals surface area contributed by atoms with Gasteiger partial charge in [-0.25, -0.2) is 0 Å². The van der Waals surface area contributed by atoms with Crippen LogP contribution in [0, 0.1) is 0 Å². The molecule has 0 N–H and O–H groups in total. The van der Waals surface area contributed by atoms with Crippen LogP contribution in [0.15, 0.2) is 88.7 Å². The second kappa shape index (κ2) is 7.59. The third kappa shape index (κ3) is 4.60. The molecular formula is C18H13ClO6S2. The molecule has 9 heteroatoms. The Morgan fingerprint density at radius 1 is 0.630 bits per heavy atom. The lowest BCUT2D eigenvalue weighted by molar-refractivity contribution is 0.478. The zero-order valence-corrected chi connectivity index (χ0v) is 16.0. The van der Waals surface area contributed by atoms with Crippen molar-refractivity contribution in [1.82, 2.24) is 0 Å². The summed E-state index contributed by atoms with van der Waals surface area (Å²) in [6.07, 6.45) is 0. The normalized spacial score (nSPS) is 11.7. The van der Waals surface area contributed by atoms with E-state index in [0.717, 1.165) is 6.07 Å². The molecule has 0 atom stereocenters. The molecule has 27 heavy (non-hydrogen) atoms. The van der Waals surface area contributed by atoms with Crippen LogP contribution in [0.1, 0.15) is 0 Å². The molecule has 140 valence electrons. The highest BCUT2D eigenvalue weighted by molar-refractivity contribution is 7.87. The van der Waals surface area contributed by atoms with E-state index < -0.39 is 20.2 Å². The largest absolute Gasteiger partial charge is 0.379 e. The van der Waals surface area contributed by atoms with Crippen LogP contribution in [0.5, 0.6) is 11.5 Å². The van der Waals surface area contributed by atoms with E-state index in [1.165, 1.54) is 36.4 Å². The van der Waals surface area contributed by atoms with E-state index in [0.29, 0.717) is 0 Å². The average molecular weight is 425 g/mol. The molecule has 0 aliphatic carbocycles. The Kier molecular flexibility index (Phi) is 5.41. The van der Waals surface area contributed by atoms with Gasteiger partial charge in [0.15, 0.2) is 5.75 Å². The second-order valence-corrected chi connectivity index (χ2v) is 8.79. The van der Waals surface area contributed by atoms with Crippen LogP contribution in [-0.4, -0.2) is 16.8 Å². The molecule has 0 bridgehead atoms. The summed E-state index contributed by atoms with van der Waals surface area (Å²) < 4.78 is 59.0. The van der Waals surface area contributed by atoms with Crippen LogP contribution in [0.3, 0.4) is 0 Å². The molecule has 0 saturated heterocycles. The Morgan fingerprint density at radius 2 is 1.11 bits per heavy atom. The molecule has 0 spiro atoms. The van der Waals surface area contributed by atoms with Gasteiger partial charge in [0.2, 0.25) is 0 Å². The Bertz CT molecular complexity index is 1140. The number of halogens is 1.